The molecule has 2 N–H and O–H groups in total. The molecule has 1 aliphatic heterocycles. The quantitative estimate of drug-likeness (QED) is 0.770. The molecule has 4 rings (SSSR count). The lowest BCUT2D eigenvalue weighted by Crippen LogP contribution is -2.31. The van der Waals surface area contributed by atoms with Crippen molar-refractivity contribution in [2.45, 2.75) is 29.1 Å². The molecule has 0 radical (unpaired) electrons. The van der Waals surface area contributed by atoms with Gasteiger partial charge in [-0.15, -0.1) is 0 Å². The van der Waals surface area contributed by atoms with Crippen LogP contribution in [0.2, 0.25) is 5.02 Å². The van der Waals surface area contributed by atoms with E-state index in [-0.39, 0.29) is 0 Å². The van der Waals surface area contributed by atoms with Crippen LogP contribution in [0.4, 0.5) is 11.8 Å². The van der Waals surface area contributed by atoms with Gasteiger partial charge in [-0.3, -0.25) is 4.40 Å². The third-order valence-corrected chi connectivity index (χ3v) is 5.69. The van der Waals surface area contributed by atoms with E-state index in [4.69, 9.17) is 17.3 Å². The number of nitrogens with two attached hydrogens (primary N) is 1. The maximum atomic E-state index is 6.26. The summed E-state index contributed by atoms with van der Waals surface area (Å²) in [4.78, 5) is 17.3. The van der Waals surface area contributed by atoms with E-state index >= 15 is 0 Å². The van der Waals surface area contributed by atoms with Crippen LogP contribution < -0.4 is 10.6 Å². The number of aromatic nitrogens is 4. The molecule has 3 aromatic rings. The van der Waals surface area contributed by atoms with Gasteiger partial charge >= 0.3 is 0 Å². The highest BCUT2D eigenvalue weighted by molar-refractivity contribution is 7.99. The van der Waals surface area contributed by atoms with Crippen LogP contribution in [-0.4, -0.2) is 32.4 Å². The molecule has 8 heteroatoms. The van der Waals surface area contributed by atoms with Gasteiger partial charge in [0, 0.05) is 42.8 Å². The average molecular weight is 361 g/mol. The molecule has 1 aliphatic rings. The maximum absolute atomic E-state index is 6.26. The number of rotatable bonds is 3. The van der Waals surface area contributed by atoms with Gasteiger partial charge < -0.3 is 10.6 Å². The molecule has 0 aromatic carbocycles. The first-order chi connectivity index (χ1) is 11.7. The normalized spacial score (nSPS) is 15.1. The fourth-order valence-corrected chi connectivity index (χ4v) is 4.06. The largest absolute Gasteiger partial charge is 0.382 e. The molecule has 1 saturated heterocycles. The molecule has 6 nitrogen and oxygen atoms in total. The van der Waals surface area contributed by atoms with Crippen LogP contribution in [0.5, 0.6) is 0 Å². The summed E-state index contributed by atoms with van der Waals surface area (Å²) >= 11 is 7.76. The fraction of sp³-hybridized carbons (Fsp3) is 0.312. The van der Waals surface area contributed by atoms with Gasteiger partial charge in [-0.1, -0.05) is 23.4 Å². The fourth-order valence-electron chi connectivity index (χ4n) is 2.92. The van der Waals surface area contributed by atoms with Gasteiger partial charge in [0.1, 0.15) is 5.82 Å². The molecule has 0 aliphatic carbocycles. The lowest BCUT2D eigenvalue weighted by molar-refractivity contribution is 0.565. The summed E-state index contributed by atoms with van der Waals surface area (Å²) in [7, 11) is 0. The molecule has 124 valence electrons. The molecular weight excluding hydrogens is 344 g/mol. The Kier molecular flexibility index (Phi) is 4.20. The predicted molar refractivity (Wildman–Crippen MR) is 96.8 cm³/mol. The molecule has 3 aromatic heterocycles. The Balaban J connectivity index is 1.72. The number of hydrogen-bond acceptors (Lipinski definition) is 6. The van der Waals surface area contributed by atoms with Crippen molar-refractivity contribution in [2.24, 2.45) is 0 Å². The van der Waals surface area contributed by atoms with Crippen molar-refractivity contribution in [3.63, 3.8) is 0 Å². The first-order valence-corrected chi connectivity index (χ1v) is 9.08. The van der Waals surface area contributed by atoms with Gasteiger partial charge in [0.05, 0.1) is 9.92 Å². The minimum atomic E-state index is 0.332. The molecule has 0 atom stereocenters. The second-order valence-corrected chi connectivity index (χ2v) is 7.16. The Morgan fingerprint density at radius 3 is 2.71 bits per heavy atom. The van der Waals surface area contributed by atoms with Gasteiger partial charge in [0.2, 0.25) is 5.95 Å². The monoisotopic (exact) mass is 360 g/mol. The van der Waals surface area contributed by atoms with Gasteiger partial charge in [0.15, 0.2) is 5.65 Å². The van der Waals surface area contributed by atoms with E-state index in [1.807, 2.05) is 22.9 Å². The van der Waals surface area contributed by atoms with Crippen molar-refractivity contribution in [3.05, 3.63) is 35.9 Å². The first kappa shape index (κ1) is 15.5. The number of nitrogen functional groups attached to an aromatic ring is 1. The molecular formula is C16H17ClN6S. The third-order valence-electron chi connectivity index (χ3n) is 4.11. The zero-order valence-electron chi connectivity index (χ0n) is 13.0. The Morgan fingerprint density at radius 1 is 1.04 bits per heavy atom. The Morgan fingerprint density at radius 2 is 1.88 bits per heavy atom. The lowest BCUT2D eigenvalue weighted by atomic mass is 10.1. The topological polar surface area (TPSA) is 72.3 Å². The number of imidazole rings is 1. The molecule has 0 bridgehead atoms. The van der Waals surface area contributed by atoms with E-state index < -0.39 is 0 Å². The van der Waals surface area contributed by atoms with E-state index in [2.05, 4.69) is 19.9 Å². The summed E-state index contributed by atoms with van der Waals surface area (Å²) in [6, 6.07) is 1.85. The highest BCUT2D eigenvalue weighted by atomic mass is 35.5. The summed E-state index contributed by atoms with van der Waals surface area (Å²) in [6.45, 7) is 2.08. The SMILES string of the molecule is Nc1nccc(Sc2cnc(N3CCCCC3)n3ccnc23)c1Cl. The summed E-state index contributed by atoms with van der Waals surface area (Å²) in [5.41, 5.74) is 6.67. The average Bonchev–Trinajstić information content (AvgIpc) is 3.10. The Bertz CT molecular complexity index is 874. The minimum absolute atomic E-state index is 0.332. The van der Waals surface area contributed by atoms with Gasteiger partial charge in [-0.25, -0.2) is 15.0 Å². The van der Waals surface area contributed by atoms with Crippen molar-refractivity contribution in [3.8, 4) is 0 Å². The van der Waals surface area contributed by atoms with Crippen molar-refractivity contribution in [2.75, 3.05) is 23.7 Å². The van der Waals surface area contributed by atoms with E-state index in [0.29, 0.717) is 10.8 Å². The number of hydrogen-bond donors (Lipinski definition) is 1. The second-order valence-electron chi connectivity index (χ2n) is 5.70. The minimum Gasteiger partial charge on any atom is -0.382 e. The van der Waals surface area contributed by atoms with Gasteiger partial charge in [-0.2, -0.15) is 0 Å². The van der Waals surface area contributed by atoms with E-state index in [1.54, 1.807) is 12.4 Å². The van der Waals surface area contributed by atoms with Crippen LogP contribution >= 0.6 is 23.4 Å². The predicted octanol–water partition coefficient (Wildman–Crippen LogP) is 3.50. The number of nitrogens with zero attached hydrogens (tertiary/aromatic N) is 5. The second kappa shape index (κ2) is 6.49. The molecule has 1 fully saturated rings. The molecule has 4 heterocycles. The zero-order valence-corrected chi connectivity index (χ0v) is 14.6. The molecule has 24 heavy (non-hydrogen) atoms. The Hall–Kier alpha value is -1.99. The molecule has 0 amide bonds. The highest BCUT2D eigenvalue weighted by Gasteiger charge is 2.18. The zero-order chi connectivity index (χ0) is 16.5. The van der Waals surface area contributed by atoms with Crippen molar-refractivity contribution >= 4 is 40.8 Å². The van der Waals surface area contributed by atoms with Crippen molar-refractivity contribution < 1.29 is 0 Å². The van der Waals surface area contributed by atoms with Crippen LogP contribution in [0.3, 0.4) is 0 Å². The van der Waals surface area contributed by atoms with Gasteiger partial charge in [0.25, 0.3) is 0 Å². The summed E-state index contributed by atoms with van der Waals surface area (Å²) < 4.78 is 2.05. The Labute approximate surface area is 149 Å². The van der Waals surface area contributed by atoms with Crippen LogP contribution in [0, 0.1) is 0 Å². The van der Waals surface area contributed by atoms with E-state index in [9.17, 15) is 0 Å². The smallest absolute Gasteiger partial charge is 0.211 e. The maximum Gasteiger partial charge on any atom is 0.211 e. The van der Waals surface area contributed by atoms with Crippen LogP contribution in [0.15, 0.2) is 40.6 Å². The summed E-state index contributed by atoms with van der Waals surface area (Å²) in [6.07, 6.45) is 11.0. The van der Waals surface area contributed by atoms with Crippen molar-refractivity contribution in [1.29, 1.82) is 0 Å². The van der Waals surface area contributed by atoms with Crippen LogP contribution in [0.25, 0.3) is 5.65 Å². The van der Waals surface area contributed by atoms with Crippen LogP contribution in [0.1, 0.15) is 19.3 Å². The van der Waals surface area contributed by atoms with Crippen molar-refractivity contribution in [1.82, 2.24) is 19.4 Å². The molecule has 0 saturated carbocycles. The summed E-state index contributed by atoms with van der Waals surface area (Å²) in [5.74, 6) is 1.28. The molecule has 0 spiro atoms. The molecule has 0 unspecified atom stereocenters. The van der Waals surface area contributed by atoms with E-state index in [1.165, 1.54) is 31.0 Å². The summed E-state index contributed by atoms with van der Waals surface area (Å²) in [5, 5.41) is 0.465. The standard InChI is InChI=1S/C16H17ClN6S/c17-13-11(4-5-19-14(13)18)24-12-10-21-16(22-7-2-1-3-8-22)23-9-6-20-15(12)23/h4-6,9-10H,1-3,7-8H2,(H2,18,19). The number of anilines is 2. The van der Waals surface area contributed by atoms with Gasteiger partial charge in [-0.05, 0) is 25.3 Å². The number of piperidine rings is 1. The van der Waals surface area contributed by atoms with E-state index in [0.717, 1.165) is 34.5 Å². The highest BCUT2D eigenvalue weighted by Crippen LogP contribution is 2.37. The lowest BCUT2D eigenvalue weighted by Gasteiger charge is -2.28. The first-order valence-electron chi connectivity index (χ1n) is 7.89. The van der Waals surface area contributed by atoms with Crippen LogP contribution in [-0.2, 0) is 0 Å². The number of pyridine rings is 1. The number of halogens is 1. The third kappa shape index (κ3) is 2.78. The number of fused-ring (bicyclic) bond motifs is 1.